The van der Waals surface area contributed by atoms with Gasteiger partial charge in [0.1, 0.15) is 12.4 Å². The van der Waals surface area contributed by atoms with Crippen molar-refractivity contribution in [3.8, 4) is 0 Å². The monoisotopic (exact) mass is 362 g/mol. The molecule has 0 amide bonds. The van der Waals surface area contributed by atoms with Gasteiger partial charge in [0.2, 0.25) is 0 Å². The van der Waals surface area contributed by atoms with Crippen LogP contribution in [0.1, 0.15) is 65.2 Å². The minimum absolute atomic E-state index is 0.124. The van der Waals surface area contributed by atoms with Gasteiger partial charge in [-0.05, 0) is 74.0 Å². The molecule has 7 atom stereocenters. The number of aliphatic hydroxyl groups excluding tert-OH is 1. The van der Waals surface area contributed by atoms with Crippen molar-refractivity contribution in [1.29, 1.82) is 0 Å². The third kappa shape index (κ3) is 2.65. The molecule has 5 nitrogen and oxygen atoms in total. The van der Waals surface area contributed by atoms with E-state index in [1.807, 2.05) is 0 Å². The molecule has 0 aromatic carbocycles. The molecule has 0 heterocycles. The zero-order valence-corrected chi connectivity index (χ0v) is 16.2. The molecule has 4 fully saturated rings. The zero-order valence-electron chi connectivity index (χ0n) is 16.2. The number of aliphatic hydroxyl groups is 1. The van der Waals surface area contributed by atoms with Crippen LogP contribution in [0.5, 0.6) is 0 Å². The Kier molecular flexibility index (Phi) is 4.67. The molecule has 3 N–H and O–H groups in total. The molecule has 0 spiro atoms. The Hall–Kier alpha value is -0.940. The van der Waals surface area contributed by atoms with Crippen molar-refractivity contribution in [2.45, 2.75) is 71.3 Å². The maximum atomic E-state index is 12.5. The van der Waals surface area contributed by atoms with Gasteiger partial charge in [-0.3, -0.25) is 4.79 Å². The van der Waals surface area contributed by atoms with Crippen LogP contribution in [0, 0.1) is 34.5 Å². The third-order valence-electron chi connectivity index (χ3n) is 8.63. The van der Waals surface area contributed by atoms with E-state index in [0.29, 0.717) is 36.7 Å². The number of hydrogen-bond donors (Lipinski definition) is 2. The summed E-state index contributed by atoms with van der Waals surface area (Å²) in [5.74, 6) is 2.34. The Morgan fingerprint density at radius 2 is 2.00 bits per heavy atom. The summed E-state index contributed by atoms with van der Waals surface area (Å²) in [6.07, 6.45) is 7.38. The number of ketones is 1. The molecule has 0 bridgehead atoms. The van der Waals surface area contributed by atoms with Crippen LogP contribution in [0.15, 0.2) is 5.16 Å². The summed E-state index contributed by atoms with van der Waals surface area (Å²) in [6.45, 7) is 5.52. The highest BCUT2D eigenvalue weighted by molar-refractivity contribution is 5.87. The van der Waals surface area contributed by atoms with Crippen LogP contribution >= 0.6 is 0 Å². The first-order valence-corrected chi connectivity index (χ1v) is 10.5. The van der Waals surface area contributed by atoms with Crippen molar-refractivity contribution in [2.24, 2.45) is 45.4 Å². The predicted molar refractivity (Wildman–Crippen MR) is 101 cm³/mol. The van der Waals surface area contributed by atoms with E-state index in [9.17, 15) is 9.90 Å². The first-order chi connectivity index (χ1) is 12.4. The van der Waals surface area contributed by atoms with E-state index in [-0.39, 0.29) is 22.9 Å². The first kappa shape index (κ1) is 18.4. The topological polar surface area (TPSA) is 84.9 Å². The summed E-state index contributed by atoms with van der Waals surface area (Å²) in [6, 6.07) is 0. The molecule has 4 saturated carbocycles. The molecule has 4 aliphatic carbocycles. The van der Waals surface area contributed by atoms with Gasteiger partial charge in [0.05, 0.1) is 11.8 Å². The molecule has 5 heteroatoms. The number of carbonyl (C=O) groups is 1. The average Bonchev–Trinajstić information content (AvgIpc) is 2.92. The van der Waals surface area contributed by atoms with Gasteiger partial charge in [0, 0.05) is 18.4 Å². The van der Waals surface area contributed by atoms with E-state index in [0.717, 1.165) is 57.1 Å². The highest BCUT2D eigenvalue weighted by Crippen LogP contribution is 2.65. The van der Waals surface area contributed by atoms with Crippen LogP contribution in [0.25, 0.3) is 0 Å². The molecular weight excluding hydrogens is 328 g/mol. The highest BCUT2D eigenvalue weighted by atomic mass is 16.6. The number of nitrogens with two attached hydrogens (primary N) is 1. The van der Waals surface area contributed by atoms with E-state index >= 15 is 0 Å². The molecule has 146 valence electrons. The lowest BCUT2D eigenvalue weighted by atomic mass is 9.44. The maximum Gasteiger partial charge on any atom is 0.139 e. The highest BCUT2D eigenvalue weighted by Gasteiger charge is 2.61. The summed E-state index contributed by atoms with van der Waals surface area (Å²) < 4.78 is 0. The quantitative estimate of drug-likeness (QED) is 0.597. The number of hydrogen-bond acceptors (Lipinski definition) is 5. The van der Waals surface area contributed by atoms with Crippen molar-refractivity contribution >= 4 is 11.5 Å². The lowest BCUT2D eigenvalue weighted by Crippen LogP contribution is -2.57. The summed E-state index contributed by atoms with van der Waals surface area (Å²) in [5, 5.41) is 15.4. The third-order valence-corrected chi connectivity index (χ3v) is 8.63. The number of oxime groups is 1. The fraction of sp³-hybridized carbons (Fsp3) is 0.905. The van der Waals surface area contributed by atoms with Crippen LogP contribution in [0.2, 0.25) is 0 Å². The van der Waals surface area contributed by atoms with Gasteiger partial charge in [-0.1, -0.05) is 19.0 Å². The van der Waals surface area contributed by atoms with Gasteiger partial charge in [-0.15, -0.1) is 0 Å². The fourth-order valence-electron chi connectivity index (χ4n) is 7.15. The maximum absolute atomic E-state index is 12.5. The number of Topliss-reactive ketones (excluding diaryl/α,β-unsaturated/α-hetero) is 1. The molecule has 26 heavy (non-hydrogen) atoms. The van der Waals surface area contributed by atoms with E-state index in [4.69, 9.17) is 10.6 Å². The van der Waals surface area contributed by atoms with Crippen molar-refractivity contribution in [2.75, 3.05) is 13.2 Å². The lowest BCUT2D eigenvalue weighted by Gasteiger charge is -2.60. The Bertz CT molecular complexity index is 606. The van der Waals surface area contributed by atoms with Crippen molar-refractivity contribution in [3.63, 3.8) is 0 Å². The standard InChI is InChI=1S/C21H34N2O3/c1-20-7-5-13(23-26-10-9-22)11-17(20)18(24)12-14-15-3-4-19(25)21(15,2)8-6-16(14)20/h14-18,24H,3-12,22H2,1-2H3/b23-13+. The Labute approximate surface area is 156 Å². The van der Waals surface area contributed by atoms with Crippen molar-refractivity contribution in [3.05, 3.63) is 0 Å². The van der Waals surface area contributed by atoms with E-state index in [1.54, 1.807) is 0 Å². The second-order valence-corrected chi connectivity index (χ2v) is 9.69. The lowest BCUT2D eigenvalue weighted by molar-refractivity contribution is -0.153. The van der Waals surface area contributed by atoms with Crippen LogP contribution < -0.4 is 5.73 Å². The van der Waals surface area contributed by atoms with Crippen LogP contribution in [0.3, 0.4) is 0 Å². The Balaban J connectivity index is 1.56. The first-order valence-electron chi connectivity index (χ1n) is 10.5. The molecule has 0 saturated heterocycles. The second kappa shape index (κ2) is 6.59. The molecule has 4 rings (SSSR count). The van der Waals surface area contributed by atoms with Crippen LogP contribution in [0.4, 0.5) is 0 Å². The summed E-state index contributed by atoms with van der Waals surface area (Å²) >= 11 is 0. The molecular formula is C21H34N2O3. The number of rotatable bonds is 3. The van der Waals surface area contributed by atoms with Gasteiger partial charge in [0.15, 0.2) is 0 Å². The smallest absolute Gasteiger partial charge is 0.139 e. The van der Waals surface area contributed by atoms with Crippen LogP contribution in [-0.2, 0) is 9.63 Å². The predicted octanol–water partition coefficient (Wildman–Crippen LogP) is 2.90. The number of nitrogens with zero attached hydrogens (tertiary/aromatic N) is 1. The van der Waals surface area contributed by atoms with Gasteiger partial charge >= 0.3 is 0 Å². The minimum atomic E-state index is -0.292. The van der Waals surface area contributed by atoms with Crippen LogP contribution in [-0.4, -0.2) is 35.9 Å². The fourth-order valence-corrected chi connectivity index (χ4v) is 7.15. The second-order valence-electron chi connectivity index (χ2n) is 9.69. The van der Waals surface area contributed by atoms with Gasteiger partial charge in [-0.2, -0.15) is 0 Å². The van der Waals surface area contributed by atoms with Gasteiger partial charge in [-0.25, -0.2) is 0 Å². The largest absolute Gasteiger partial charge is 0.395 e. The number of fused-ring (bicyclic) bond motifs is 5. The summed E-state index contributed by atoms with van der Waals surface area (Å²) in [4.78, 5) is 17.8. The normalized spacial score (nSPS) is 49.5. The molecule has 0 aromatic rings. The SMILES string of the molecule is CC12CCC3C(CC(O)C4C/C(=N/OCCN)CCC43C)C1CCC2=O. The summed E-state index contributed by atoms with van der Waals surface area (Å²) in [7, 11) is 0. The summed E-state index contributed by atoms with van der Waals surface area (Å²) in [5.41, 5.74) is 6.58. The zero-order chi connectivity index (χ0) is 18.5. The molecule has 0 aliphatic heterocycles. The molecule has 4 aliphatic rings. The van der Waals surface area contributed by atoms with Crippen molar-refractivity contribution < 1.29 is 14.7 Å². The van der Waals surface area contributed by atoms with E-state index in [2.05, 4.69) is 19.0 Å². The van der Waals surface area contributed by atoms with Gasteiger partial charge in [0.25, 0.3) is 0 Å². The van der Waals surface area contributed by atoms with E-state index < -0.39 is 0 Å². The molecule has 0 aromatic heterocycles. The van der Waals surface area contributed by atoms with E-state index in [1.165, 1.54) is 0 Å². The average molecular weight is 363 g/mol. The molecule has 7 unspecified atom stereocenters. The minimum Gasteiger partial charge on any atom is -0.395 e. The Morgan fingerprint density at radius 1 is 1.19 bits per heavy atom. The molecule has 0 radical (unpaired) electrons. The Morgan fingerprint density at radius 3 is 2.77 bits per heavy atom. The van der Waals surface area contributed by atoms with Gasteiger partial charge < -0.3 is 15.7 Å². The van der Waals surface area contributed by atoms with Crippen molar-refractivity contribution in [1.82, 2.24) is 0 Å². The number of carbonyl (C=O) groups excluding carboxylic acids is 1.